The minimum atomic E-state index is -0.296. The normalized spacial score (nSPS) is 27.2. The van der Waals surface area contributed by atoms with Crippen LogP contribution in [0.15, 0.2) is 24.3 Å². The van der Waals surface area contributed by atoms with Crippen LogP contribution in [0.5, 0.6) is 0 Å². The second-order valence-electron chi connectivity index (χ2n) is 5.91. The van der Waals surface area contributed by atoms with Crippen LogP contribution in [0.4, 0.5) is 4.39 Å². The van der Waals surface area contributed by atoms with Crippen LogP contribution in [-0.2, 0) is 0 Å². The van der Waals surface area contributed by atoms with Crippen LogP contribution in [0, 0.1) is 5.82 Å². The molecule has 3 nitrogen and oxygen atoms in total. The van der Waals surface area contributed by atoms with Gasteiger partial charge in [-0.2, -0.15) is 0 Å². The fourth-order valence-electron chi connectivity index (χ4n) is 3.63. The highest BCUT2D eigenvalue weighted by Gasteiger charge is 2.38. The molecule has 0 spiro atoms. The van der Waals surface area contributed by atoms with Gasteiger partial charge in [0.15, 0.2) is 0 Å². The summed E-state index contributed by atoms with van der Waals surface area (Å²) in [5.74, 6) is -0.247. The third-order valence-electron chi connectivity index (χ3n) is 4.67. The molecule has 0 radical (unpaired) electrons. The number of rotatable bonds is 2. The summed E-state index contributed by atoms with van der Waals surface area (Å²) in [5.41, 5.74) is 0.596. The predicted octanol–water partition coefficient (Wildman–Crippen LogP) is 2.52. The maximum atomic E-state index is 13.0. The van der Waals surface area contributed by atoms with Crippen LogP contribution in [0.3, 0.4) is 0 Å². The summed E-state index contributed by atoms with van der Waals surface area (Å²) in [7, 11) is 2.15. The molecule has 0 aromatic heterocycles. The molecule has 2 unspecified atom stereocenters. The molecular weight excluding hydrogens is 255 g/mol. The number of carbonyl (C=O) groups is 1. The van der Waals surface area contributed by atoms with Gasteiger partial charge in [-0.05, 0) is 63.5 Å². The van der Waals surface area contributed by atoms with Crippen molar-refractivity contribution in [3.8, 4) is 0 Å². The van der Waals surface area contributed by atoms with Crippen molar-refractivity contribution in [3.05, 3.63) is 35.6 Å². The zero-order chi connectivity index (χ0) is 14.1. The van der Waals surface area contributed by atoms with Gasteiger partial charge in [0.1, 0.15) is 5.82 Å². The molecule has 20 heavy (non-hydrogen) atoms. The number of hydrogen-bond acceptors (Lipinski definition) is 2. The molecule has 2 atom stereocenters. The van der Waals surface area contributed by atoms with Gasteiger partial charge in [-0.15, -0.1) is 0 Å². The van der Waals surface area contributed by atoms with Crippen LogP contribution >= 0.6 is 0 Å². The number of benzene rings is 1. The van der Waals surface area contributed by atoms with Crippen LogP contribution in [0.1, 0.15) is 36.0 Å². The van der Waals surface area contributed by atoms with Crippen molar-refractivity contribution < 1.29 is 9.18 Å². The van der Waals surface area contributed by atoms with E-state index in [9.17, 15) is 9.18 Å². The number of amides is 1. The quantitative estimate of drug-likeness (QED) is 0.828. The van der Waals surface area contributed by atoms with Gasteiger partial charge in [0, 0.05) is 24.2 Å². The zero-order valence-corrected chi connectivity index (χ0v) is 11.9. The summed E-state index contributed by atoms with van der Waals surface area (Å²) >= 11 is 0. The van der Waals surface area contributed by atoms with E-state index in [-0.39, 0.29) is 11.7 Å². The monoisotopic (exact) mass is 276 g/mol. The van der Waals surface area contributed by atoms with Gasteiger partial charge in [0.05, 0.1) is 0 Å². The summed E-state index contributed by atoms with van der Waals surface area (Å²) in [5, 5.41) is 0. The number of hydrogen-bond donors (Lipinski definition) is 0. The molecule has 0 N–H and O–H groups in total. The van der Waals surface area contributed by atoms with E-state index in [2.05, 4.69) is 11.9 Å². The van der Waals surface area contributed by atoms with Crippen LogP contribution in [0.2, 0.25) is 0 Å². The summed E-state index contributed by atoms with van der Waals surface area (Å²) in [6.07, 6.45) is 4.55. The molecular formula is C16H21FN2O. The van der Waals surface area contributed by atoms with Gasteiger partial charge in [0.2, 0.25) is 0 Å². The van der Waals surface area contributed by atoms with E-state index in [0.717, 1.165) is 25.9 Å². The average molecular weight is 276 g/mol. The Morgan fingerprint density at radius 2 is 1.75 bits per heavy atom. The van der Waals surface area contributed by atoms with Crippen molar-refractivity contribution in [2.24, 2.45) is 0 Å². The van der Waals surface area contributed by atoms with Gasteiger partial charge in [-0.3, -0.25) is 4.79 Å². The molecule has 2 aliphatic rings. The van der Waals surface area contributed by atoms with Crippen molar-refractivity contribution in [1.29, 1.82) is 0 Å². The Hall–Kier alpha value is -1.42. The lowest BCUT2D eigenvalue weighted by Gasteiger charge is -2.33. The van der Waals surface area contributed by atoms with Gasteiger partial charge < -0.3 is 9.80 Å². The van der Waals surface area contributed by atoms with Crippen molar-refractivity contribution in [2.45, 2.75) is 37.8 Å². The molecule has 0 bridgehead atoms. The molecule has 2 fully saturated rings. The Morgan fingerprint density at radius 1 is 1.10 bits per heavy atom. The van der Waals surface area contributed by atoms with Gasteiger partial charge >= 0.3 is 0 Å². The number of likely N-dealkylation sites (N-methyl/N-ethyl adjacent to an activating group) is 1. The second kappa shape index (κ2) is 5.52. The highest BCUT2D eigenvalue weighted by atomic mass is 19.1. The average Bonchev–Trinajstić information content (AvgIpc) is 3.07. The maximum Gasteiger partial charge on any atom is 0.254 e. The first-order valence-corrected chi connectivity index (χ1v) is 7.43. The third-order valence-corrected chi connectivity index (χ3v) is 4.67. The number of nitrogens with zero attached hydrogens (tertiary/aromatic N) is 2. The fraction of sp³-hybridized carbons (Fsp3) is 0.562. The predicted molar refractivity (Wildman–Crippen MR) is 76.1 cm³/mol. The smallest absolute Gasteiger partial charge is 0.254 e. The lowest BCUT2D eigenvalue weighted by molar-refractivity contribution is 0.0664. The van der Waals surface area contributed by atoms with Crippen molar-refractivity contribution in [1.82, 2.24) is 9.80 Å². The fourth-order valence-corrected chi connectivity index (χ4v) is 3.63. The van der Waals surface area contributed by atoms with Crippen molar-refractivity contribution >= 4 is 5.91 Å². The Labute approximate surface area is 119 Å². The van der Waals surface area contributed by atoms with Crippen LogP contribution in [-0.4, -0.2) is 47.9 Å². The van der Waals surface area contributed by atoms with E-state index < -0.39 is 0 Å². The van der Waals surface area contributed by atoms with E-state index in [1.165, 1.54) is 25.0 Å². The Bertz CT molecular complexity index is 488. The molecule has 1 amide bonds. The first-order valence-electron chi connectivity index (χ1n) is 7.43. The van der Waals surface area contributed by atoms with Gasteiger partial charge in [-0.25, -0.2) is 4.39 Å². The first kappa shape index (κ1) is 13.6. The molecule has 3 rings (SSSR count). The number of carbonyl (C=O) groups excluding carboxylic acids is 1. The minimum absolute atomic E-state index is 0.0489. The highest BCUT2D eigenvalue weighted by Crippen LogP contribution is 2.30. The molecule has 2 heterocycles. The summed E-state index contributed by atoms with van der Waals surface area (Å²) < 4.78 is 13.0. The largest absolute Gasteiger partial charge is 0.334 e. The van der Waals surface area contributed by atoms with Crippen LogP contribution in [0.25, 0.3) is 0 Å². The van der Waals surface area contributed by atoms with Crippen molar-refractivity contribution in [3.63, 3.8) is 0 Å². The summed E-state index contributed by atoms with van der Waals surface area (Å²) in [4.78, 5) is 17.0. The molecule has 0 aliphatic carbocycles. The number of likely N-dealkylation sites (tertiary alicyclic amines) is 2. The zero-order valence-electron chi connectivity index (χ0n) is 11.9. The van der Waals surface area contributed by atoms with Crippen molar-refractivity contribution in [2.75, 3.05) is 20.1 Å². The standard InChI is InChI=1S/C16H21FN2O/c1-18-10-2-4-14(18)15-5-3-11-19(15)16(20)12-6-8-13(17)9-7-12/h6-9,14-15H,2-5,10-11H2,1H3. The number of halogens is 1. The molecule has 1 aromatic carbocycles. The lowest BCUT2D eigenvalue weighted by atomic mass is 10.0. The summed E-state index contributed by atoms with van der Waals surface area (Å²) in [6, 6.07) is 6.71. The highest BCUT2D eigenvalue weighted by molar-refractivity contribution is 5.94. The Balaban J connectivity index is 1.78. The molecule has 2 saturated heterocycles. The SMILES string of the molecule is CN1CCCC1C1CCCN1C(=O)c1ccc(F)cc1. The topological polar surface area (TPSA) is 23.6 Å². The van der Waals surface area contributed by atoms with E-state index in [1.807, 2.05) is 4.90 Å². The molecule has 4 heteroatoms. The van der Waals surface area contributed by atoms with Crippen LogP contribution < -0.4 is 0 Å². The molecule has 2 aliphatic heterocycles. The van der Waals surface area contributed by atoms with E-state index in [4.69, 9.17) is 0 Å². The Morgan fingerprint density at radius 3 is 2.40 bits per heavy atom. The van der Waals surface area contributed by atoms with E-state index in [0.29, 0.717) is 17.6 Å². The Kier molecular flexibility index (Phi) is 3.74. The lowest BCUT2D eigenvalue weighted by Crippen LogP contribution is -2.47. The van der Waals surface area contributed by atoms with E-state index >= 15 is 0 Å². The molecule has 0 saturated carbocycles. The first-order chi connectivity index (χ1) is 9.66. The molecule has 1 aromatic rings. The minimum Gasteiger partial charge on any atom is -0.334 e. The third kappa shape index (κ3) is 2.44. The molecule has 108 valence electrons. The van der Waals surface area contributed by atoms with Gasteiger partial charge in [-0.1, -0.05) is 0 Å². The summed E-state index contributed by atoms with van der Waals surface area (Å²) in [6.45, 7) is 1.95. The second-order valence-corrected chi connectivity index (χ2v) is 5.91. The van der Waals surface area contributed by atoms with E-state index in [1.54, 1.807) is 12.1 Å². The maximum absolute atomic E-state index is 13.0. The van der Waals surface area contributed by atoms with Gasteiger partial charge in [0.25, 0.3) is 5.91 Å².